The van der Waals surface area contributed by atoms with Gasteiger partial charge in [-0.2, -0.15) is 0 Å². The van der Waals surface area contributed by atoms with Crippen molar-refractivity contribution in [1.29, 1.82) is 0 Å². The maximum atomic E-state index is 10.7. The van der Waals surface area contributed by atoms with Gasteiger partial charge in [0.1, 0.15) is 6.10 Å². The molecule has 2 rings (SSSR count). The lowest BCUT2D eigenvalue weighted by atomic mass is 9.92. The Morgan fingerprint density at radius 1 is 1.05 bits per heavy atom. The molecule has 0 radical (unpaired) electrons. The van der Waals surface area contributed by atoms with Crippen molar-refractivity contribution in [3.05, 3.63) is 69.2 Å². The van der Waals surface area contributed by atoms with Crippen molar-refractivity contribution < 1.29 is 5.11 Å². The molecule has 0 saturated heterocycles. The minimum Gasteiger partial charge on any atom is -0.384 e. The third-order valence-electron chi connectivity index (χ3n) is 3.57. The Balaban J connectivity index is 2.50. The number of aliphatic hydroxyl groups is 1. The fraction of sp³-hybridized carbons (Fsp3) is 0.294. The van der Waals surface area contributed by atoms with Gasteiger partial charge in [0, 0.05) is 5.02 Å². The lowest BCUT2D eigenvalue weighted by molar-refractivity contribution is 0.218. The molecule has 2 heteroatoms. The SMILES string of the molecule is CCc1ccccc1C(O)c1cc(C)c(Cl)cc1C. The monoisotopic (exact) mass is 274 g/mol. The van der Waals surface area contributed by atoms with Crippen LogP contribution in [0.25, 0.3) is 0 Å². The first-order chi connectivity index (χ1) is 9.04. The zero-order valence-electron chi connectivity index (χ0n) is 11.6. The number of halogens is 1. The molecular weight excluding hydrogens is 256 g/mol. The first-order valence-corrected chi connectivity index (χ1v) is 6.95. The van der Waals surface area contributed by atoms with E-state index in [0.717, 1.165) is 33.7 Å². The van der Waals surface area contributed by atoms with Crippen LogP contribution in [0.15, 0.2) is 36.4 Å². The summed E-state index contributed by atoms with van der Waals surface area (Å²) >= 11 is 6.11. The third-order valence-corrected chi connectivity index (χ3v) is 3.98. The molecule has 0 aromatic heterocycles. The lowest BCUT2D eigenvalue weighted by Crippen LogP contribution is -2.05. The maximum Gasteiger partial charge on any atom is 0.105 e. The Hall–Kier alpha value is -1.31. The first kappa shape index (κ1) is 14.1. The van der Waals surface area contributed by atoms with Crippen LogP contribution < -0.4 is 0 Å². The second kappa shape index (κ2) is 5.77. The van der Waals surface area contributed by atoms with Crippen LogP contribution in [0.5, 0.6) is 0 Å². The molecule has 1 nitrogen and oxygen atoms in total. The number of aliphatic hydroxyl groups excluding tert-OH is 1. The fourth-order valence-electron chi connectivity index (χ4n) is 2.39. The standard InChI is InChI=1S/C17H19ClO/c1-4-13-7-5-6-8-14(13)17(19)15-9-12(3)16(18)10-11(15)2/h5-10,17,19H,4H2,1-3H3. The smallest absolute Gasteiger partial charge is 0.105 e. The van der Waals surface area contributed by atoms with Crippen molar-refractivity contribution in [2.45, 2.75) is 33.3 Å². The van der Waals surface area contributed by atoms with Gasteiger partial charge in [0.2, 0.25) is 0 Å². The summed E-state index contributed by atoms with van der Waals surface area (Å²) in [7, 11) is 0. The summed E-state index contributed by atoms with van der Waals surface area (Å²) in [6.07, 6.45) is 0.325. The van der Waals surface area contributed by atoms with Gasteiger partial charge in [-0.3, -0.25) is 0 Å². The van der Waals surface area contributed by atoms with Crippen LogP contribution in [0.3, 0.4) is 0 Å². The van der Waals surface area contributed by atoms with Crippen LogP contribution in [0.4, 0.5) is 0 Å². The summed E-state index contributed by atoms with van der Waals surface area (Å²) < 4.78 is 0. The number of hydrogen-bond acceptors (Lipinski definition) is 1. The molecule has 0 bridgehead atoms. The number of aryl methyl sites for hydroxylation is 3. The Kier molecular flexibility index (Phi) is 4.28. The number of benzene rings is 2. The molecular formula is C17H19ClO. The Labute approximate surface area is 119 Å². The minimum absolute atomic E-state index is 0.591. The Bertz CT molecular complexity index is 590. The van der Waals surface area contributed by atoms with Crippen molar-refractivity contribution in [3.63, 3.8) is 0 Å². The molecule has 0 spiro atoms. The molecule has 0 aliphatic rings. The van der Waals surface area contributed by atoms with Crippen molar-refractivity contribution >= 4 is 11.6 Å². The molecule has 100 valence electrons. The van der Waals surface area contributed by atoms with Crippen LogP contribution >= 0.6 is 11.6 Å². The van der Waals surface area contributed by atoms with Crippen LogP contribution in [0.2, 0.25) is 5.02 Å². The number of rotatable bonds is 3. The van der Waals surface area contributed by atoms with E-state index in [2.05, 4.69) is 13.0 Å². The predicted octanol–water partition coefficient (Wildman–Crippen LogP) is 4.60. The highest BCUT2D eigenvalue weighted by atomic mass is 35.5. The second-order valence-electron chi connectivity index (χ2n) is 4.91. The van der Waals surface area contributed by atoms with Gasteiger partial charge in [-0.15, -0.1) is 0 Å². The van der Waals surface area contributed by atoms with Crippen molar-refractivity contribution in [2.75, 3.05) is 0 Å². The van der Waals surface area contributed by atoms with E-state index in [1.54, 1.807) is 0 Å². The first-order valence-electron chi connectivity index (χ1n) is 6.57. The Morgan fingerprint density at radius 2 is 1.74 bits per heavy atom. The van der Waals surface area contributed by atoms with Gasteiger partial charge >= 0.3 is 0 Å². The largest absolute Gasteiger partial charge is 0.384 e. The van der Waals surface area contributed by atoms with Gasteiger partial charge < -0.3 is 5.11 Å². The minimum atomic E-state index is -0.591. The molecule has 0 aliphatic carbocycles. The van der Waals surface area contributed by atoms with E-state index in [1.165, 1.54) is 5.56 Å². The van der Waals surface area contributed by atoms with E-state index in [9.17, 15) is 5.11 Å². The molecule has 0 aliphatic heterocycles. The third kappa shape index (κ3) is 2.83. The highest BCUT2D eigenvalue weighted by Gasteiger charge is 2.16. The molecule has 1 N–H and O–H groups in total. The molecule has 1 unspecified atom stereocenters. The average molecular weight is 275 g/mol. The molecule has 2 aromatic carbocycles. The topological polar surface area (TPSA) is 20.2 Å². The van der Waals surface area contributed by atoms with Gasteiger partial charge in [-0.1, -0.05) is 48.9 Å². The van der Waals surface area contributed by atoms with E-state index in [-0.39, 0.29) is 0 Å². The number of hydrogen-bond donors (Lipinski definition) is 1. The molecule has 0 heterocycles. The van der Waals surface area contributed by atoms with Crippen LogP contribution in [-0.4, -0.2) is 5.11 Å². The zero-order chi connectivity index (χ0) is 14.0. The quantitative estimate of drug-likeness (QED) is 0.867. The summed E-state index contributed by atoms with van der Waals surface area (Å²) in [6.45, 7) is 6.05. The second-order valence-corrected chi connectivity index (χ2v) is 5.32. The van der Waals surface area contributed by atoms with Gasteiger partial charge in [-0.25, -0.2) is 0 Å². The van der Waals surface area contributed by atoms with Gasteiger partial charge in [0.15, 0.2) is 0 Å². The highest BCUT2D eigenvalue weighted by Crippen LogP contribution is 2.30. The van der Waals surface area contributed by atoms with Crippen LogP contribution in [0.1, 0.15) is 40.8 Å². The lowest BCUT2D eigenvalue weighted by Gasteiger charge is -2.18. The molecule has 19 heavy (non-hydrogen) atoms. The van der Waals surface area contributed by atoms with Gasteiger partial charge in [-0.05, 0) is 54.2 Å². The van der Waals surface area contributed by atoms with Crippen LogP contribution in [0, 0.1) is 13.8 Å². The normalized spacial score (nSPS) is 12.5. The molecule has 0 fully saturated rings. The summed E-state index contributed by atoms with van der Waals surface area (Å²) in [5, 5.41) is 11.4. The van der Waals surface area contributed by atoms with E-state index < -0.39 is 6.10 Å². The highest BCUT2D eigenvalue weighted by molar-refractivity contribution is 6.31. The molecule has 0 amide bonds. The van der Waals surface area contributed by atoms with E-state index in [0.29, 0.717) is 0 Å². The van der Waals surface area contributed by atoms with Crippen molar-refractivity contribution in [3.8, 4) is 0 Å². The molecule has 1 atom stereocenters. The van der Waals surface area contributed by atoms with E-state index >= 15 is 0 Å². The van der Waals surface area contributed by atoms with E-state index in [1.807, 2.05) is 44.2 Å². The van der Waals surface area contributed by atoms with Crippen molar-refractivity contribution in [2.24, 2.45) is 0 Å². The molecule has 0 saturated carbocycles. The summed E-state index contributed by atoms with van der Waals surface area (Å²) in [5.41, 5.74) is 5.11. The summed E-state index contributed by atoms with van der Waals surface area (Å²) in [6, 6.07) is 11.9. The van der Waals surface area contributed by atoms with Gasteiger partial charge in [0.05, 0.1) is 0 Å². The zero-order valence-corrected chi connectivity index (χ0v) is 12.3. The molecule has 2 aromatic rings. The maximum absolute atomic E-state index is 10.7. The summed E-state index contributed by atoms with van der Waals surface area (Å²) in [4.78, 5) is 0. The summed E-state index contributed by atoms with van der Waals surface area (Å²) in [5.74, 6) is 0. The predicted molar refractivity (Wildman–Crippen MR) is 80.8 cm³/mol. The van der Waals surface area contributed by atoms with Crippen molar-refractivity contribution in [1.82, 2.24) is 0 Å². The van der Waals surface area contributed by atoms with E-state index in [4.69, 9.17) is 11.6 Å². The fourth-order valence-corrected chi connectivity index (χ4v) is 2.61. The van der Waals surface area contributed by atoms with Crippen LogP contribution in [-0.2, 0) is 6.42 Å². The average Bonchev–Trinajstić information content (AvgIpc) is 2.42. The van der Waals surface area contributed by atoms with Gasteiger partial charge in [0.25, 0.3) is 0 Å². The Morgan fingerprint density at radius 3 is 2.42 bits per heavy atom.